The van der Waals surface area contributed by atoms with E-state index in [0.29, 0.717) is 11.6 Å². The second kappa shape index (κ2) is 12.8. The Morgan fingerprint density at radius 3 is 1.28 bits per heavy atom. The molecule has 0 aliphatic rings. The highest BCUT2D eigenvalue weighted by Crippen LogP contribution is 2.03. The monoisotopic (exact) mass is 256 g/mol. The third-order valence-electron chi connectivity index (χ3n) is 2.76. The average Bonchev–Trinajstić information content (AvgIpc) is 2.33. The summed E-state index contributed by atoms with van der Waals surface area (Å²) in [6.45, 7) is 12.0. The summed E-state index contributed by atoms with van der Waals surface area (Å²) >= 11 is 0. The molecule has 0 aliphatic heterocycles. The van der Waals surface area contributed by atoms with Crippen LogP contribution in [0.3, 0.4) is 0 Å². The standard InChI is InChI=1S/C9H18O.C7H14O/c1-3-5-7-9(10)8-6-4-2;1-5(2)7(8)6(3)4/h3-8H2,1-2H3;5-6H,1-4H3. The van der Waals surface area contributed by atoms with Crippen LogP contribution in [0, 0.1) is 11.8 Å². The molecule has 0 fully saturated rings. The molecule has 0 saturated carbocycles. The summed E-state index contributed by atoms with van der Waals surface area (Å²) in [5, 5.41) is 0. The molecule has 0 unspecified atom stereocenters. The maximum Gasteiger partial charge on any atom is 0.137 e. The van der Waals surface area contributed by atoms with Gasteiger partial charge in [0.1, 0.15) is 11.6 Å². The number of rotatable bonds is 8. The predicted octanol–water partition coefficient (Wildman–Crippen LogP) is 4.80. The van der Waals surface area contributed by atoms with E-state index >= 15 is 0 Å². The van der Waals surface area contributed by atoms with Crippen LogP contribution < -0.4 is 0 Å². The normalized spacial score (nSPS) is 10.2. The average molecular weight is 256 g/mol. The second-order valence-corrected chi connectivity index (χ2v) is 5.46. The Kier molecular flexibility index (Phi) is 14.0. The molecule has 18 heavy (non-hydrogen) atoms. The van der Waals surface area contributed by atoms with Crippen LogP contribution in [0.25, 0.3) is 0 Å². The number of hydrogen-bond donors (Lipinski definition) is 0. The van der Waals surface area contributed by atoms with Gasteiger partial charge in [-0.3, -0.25) is 9.59 Å². The summed E-state index contributed by atoms with van der Waals surface area (Å²) in [6, 6.07) is 0. The maximum absolute atomic E-state index is 11.0. The van der Waals surface area contributed by atoms with Crippen LogP contribution in [0.15, 0.2) is 0 Å². The smallest absolute Gasteiger partial charge is 0.137 e. The van der Waals surface area contributed by atoms with Gasteiger partial charge in [-0.05, 0) is 12.8 Å². The molecule has 0 radical (unpaired) electrons. The lowest BCUT2D eigenvalue weighted by molar-refractivity contribution is -0.124. The van der Waals surface area contributed by atoms with Gasteiger partial charge < -0.3 is 0 Å². The van der Waals surface area contributed by atoms with Crippen molar-refractivity contribution in [3.63, 3.8) is 0 Å². The second-order valence-electron chi connectivity index (χ2n) is 5.46. The van der Waals surface area contributed by atoms with E-state index in [-0.39, 0.29) is 11.8 Å². The summed E-state index contributed by atoms with van der Waals surface area (Å²) in [4.78, 5) is 21.8. The molecule has 0 atom stereocenters. The summed E-state index contributed by atoms with van der Waals surface area (Å²) in [6.07, 6.45) is 6.02. The Bertz CT molecular complexity index is 197. The van der Waals surface area contributed by atoms with E-state index < -0.39 is 0 Å². The van der Waals surface area contributed by atoms with E-state index in [1.54, 1.807) is 0 Å². The zero-order valence-corrected chi connectivity index (χ0v) is 13.2. The Balaban J connectivity index is 0. The SMILES string of the molecule is CC(C)C(=O)C(C)C.CCCCC(=O)CCCC. The first-order chi connectivity index (χ1) is 8.36. The number of unbranched alkanes of at least 4 members (excludes halogenated alkanes) is 2. The van der Waals surface area contributed by atoms with Crippen LogP contribution in [0.2, 0.25) is 0 Å². The lowest BCUT2D eigenvalue weighted by atomic mass is 9.99. The van der Waals surface area contributed by atoms with E-state index in [1.807, 2.05) is 27.7 Å². The number of Topliss-reactive ketones (excluding diaryl/α,β-unsaturated/α-hetero) is 2. The summed E-state index contributed by atoms with van der Waals surface area (Å²) in [7, 11) is 0. The molecule has 0 heterocycles. The van der Waals surface area contributed by atoms with Crippen molar-refractivity contribution in [3.8, 4) is 0 Å². The predicted molar refractivity (Wildman–Crippen MR) is 78.7 cm³/mol. The molecule has 2 nitrogen and oxygen atoms in total. The first kappa shape index (κ1) is 19.7. The zero-order chi connectivity index (χ0) is 14.6. The Morgan fingerprint density at radius 2 is 1.11 bits per heavy atom. The minimum Gasteiger partial charge on any atom is -0.300 e. The molecule has 0 amide bonds. The number of hydrogen-bond acceptors (Lipinski definition) is 2. The summed E-state index contributed by atoms with van der Waals surface area (Å²) < 4.78 is 0. The molecule has 0 aromatic carbocycles. The van der Waals surface area contributed by atoms with Gasteiger partial charge >= 0.3 is 0 Å². The van der Waals surface area contributed by atoms with Crippen LogP contribution in [0.1, 0.15) is 80.1 Å². The highest BCUT2D eigenvalue weighted by molar-refractivity contribution is 5.82. The first-order valence-corrected chi connectivity index (χ1v) is 7.42. The quantitative estimate of drug-likeness (QED) is 0.625. The Labute approximate surface area is 114 Å². The molecular weight excluding hydrogens is 224 g/mol. The van der Waals surface area contributed by atoms with Gasteiger partial charge in [0, 0.05) is 24.7 Å². The minimum absolute atomic E-state index is 0.204. The number of carbonyl (C=O) groups is 2. The third kappa shape index (κ3) is 13.4. The molecule has 2 heteroatoms. The van der Waals surface area contributed by atoms with Gasteiger partial charge in [-0.2, -0.15) is 0 Å². The molecule has 0 aromatic rings. The van der Waals surface area contributed by atoms with Gasteiger partial charge in [0.15, 0.2) is 0 Å². The minimum atomic E-state index is 0.204. The van der Waals surface area contributed by atoms with E-state index in [2.05, 4.69) is 13.8 Å². The lowest BCUT2D eigenvalue weighted by Gasteiger charge is -2.05. The van der Waals surface area contributed by atoms with Gasteiger partial charge in [0.2, 0.25) is 0 Å². The van der Waals surface area contributed by atoms with E-state index in [1.165, 1.54) is 0 Å². The van der Waals surface area contributed by atoms with Gasteiger partial charge in [0.05, 0.1) is 0 Å². The molecule has 0 aromatic heterocycles. The molecule has 0 rings (SSSR count). The first-order valence-electron chi connectivity index (χ1n) is 7.42. The molecule has 0 N–H and O–H groups in total. The van der Waals surface area contributed by atoms with Crippen LogP contribution >= 0.6 is 0 Å². The van der Waals surface area contributed by atoms with Crippen molar-refractivity contribution >= 4 is 11.6 Å². The van der Waals surface area contributed by atoms with Gasteiger partial charge in [0.25, 0.3) is 0 Å². The maximum atomic E-state index is 11.0. The molecule has 0 spiro atoms. The molecule has 0 bridgehead atoms. The topological polar surface area (TPSA) is 34.1 Å². The Morgan fingerprint density at radius 1 is 0.778 bits per heavy atom. The van der Waals surface area contributed by atoms with Gasteiger partial charge in [-0.15, -0.1) is 0 Å². The fourth-order valence-corrected chi connectivity index (χ4v) is 1.54. The van der Waals surface area contributed by atoms with Gasteiger partial charge in [-0.25, -0.2) is 0 Å². The fourth-order valence-electron chi connectivity index (χ4n) is 1.54. The summed E-state index contributed by atoms with van der Waals surface area (Å²) in [5.74, 6) is 1.21. The van der Waals surface area contributed by atoms with Crippen molar-refractivity contribution in [2.45, 2.75) is 80.1 Å². The molecule has 0 saturated heterocycles. The zero-order valence-electron chi connectivity index (χ0n) is 13.2. The van der Waals surface area contributed by atoms with Crippen molar-refractivity contribution in [1.29, 1.82) is 0 Å². The van der Waals surface area contributed by atoms with Crippen LogP contribution in [0.4, 0.5) is 0 Å². The van der Waals surface area contributed by atoms with Crippen molar-refractivity contribution in [1.82, 2.24) is 0 Å². The summed E-state index contributed by atoms with van der Waals surface area (Å²) in [5.41, 5.74) is 0. The van der Waals surface area contributed by atoms with E-state index in [4.69, 9.17) is 0 Å². The van der Waals surface area contributed by atoms with Crippen molar-refractivity contribution < 1.29 is 9.59 Å². The molecule has 108 valence electrons. The van der Waals surface area contributed by atoms with E-state index in [9.17, 15) is 9.59 Å². The van der Waals surface area contributed by atoms with Crippen molar-refractivity contribution in [2.75, 3.05) is 0 Å². The number of ketones is 2. The highest BCUT2D eigenvalue weighted by atomic mass is 16.1. The molecular formula is C16H32O2. The third-order valence-corrected chi connectivity index (χ3v) is 2.76. The largest absolute Gasteiger partial charge is 0.300 e. The van der Waals surface area contributed by atoms with Gasteiger partial charge in [-0.1, -0.05) is 54.4 Å². The molecule has 0 aliphatic carbocycles. The Hall–Kier alpha value is -0.660. The van der Waals surface area contributed by atoms with Crippen LogP contribution in [-0.2, 0) is 9.59 Å². The van der Waals surface area contributed by atoms with Crippen molar-refractivity contribution in [3.05, 3.63) is 0 Å². The fraction of sp³-hybridized carbons (Fsp3) is 0.875. The van der Waals surface area contributed by atoms with E-state index in [0.717, 1.165) is 38.5 Å². The van der Waals surface area contributed by atoms with Crippen LogP contribution in [-0.4, -0.2) is 11.6 Å². The lowest BCUT2D eigenvalue weighted by Crippen LogP contribution is -2.13. The van der Waals surface area contributed by atoms with Crippen LogP contribution in [0.5, 0.6) is 0 Å². The number of carbonyl (C=O) groups excluding carboxylic acids is 2. The highest BCUT2D eigenvalue weighted by Gasteiger charge is 2.09. The van der Waals surface area contributed by atoms with Crippen molar-refractivity contribution in [2.24, 2.45) is 11.8 Å².